The van der Waals surface area contributed by atoms with Crippen LogP contribution in [-0.4, -0.2) is 136 Å². The molecule has 22 heteroatoms. The van der Waals surface area contributed by atoms with Crippen LogP contribution >= 0.6 is 0 Å². The van der Waals surface area contributed by atoms with Gasteiger partial charge in [-0.15, -0.1) is 0 Å². The average molecular weight is 953 g/mol. The quantitative estimate of drug-likeness (QED) is 0.0496. The summed E-state index contributed by atoms with van der Waals surface area (Å²) in [5.41, 5.74) is 17.3. The van der Waals surface area contributed by atoms with Crippen LogP contribution in [0.4, 0.5) is 0 Å². The lowest BCUT2D eigenvalue weighted by Crippen LogP contribution is -2.61. The van der Waals surface area contributed by atoms with E-state index in [2.05, 4.69) is 31.9 Å². The van der Waals surface area contributed by atoms with E-state index in [-0.39, 0.29) is 25.3 Å². The smallest absolute Gasteiger partial charge is 0.326 e. The third-order valence-corrected chi connectivity index (χ3v) is 11.9. The third kappa shape index (κ3) is 16.0. The Labute approximate surface area is 395 Å². The van der Waals surface area contributed by atoms with Gasteiger partial charge in [0.05, 0.1) is 19.1 Å². The molecule has 0 radical (unpaired) electrons. The average Bonchev–Trinajstić information content (AvgIpc) is 3.78. The van der Waals surface area contributed by atoms with E-state index in [1.165, 1.54) is 4.90 Å². The van der Waals surface area contributed by atoms with Gasteiger partial charge in [0.25, 0.3) is 0 Å². The molecule has 0 aromatic heterocycles. The first kappa shape index (κ1) is 55.6. The fourth-order valence-corrected chi connectivity index (χ4v) is 7.56. The van der Waals surface area contributed by atoms with Crippen LogP contribution in [0.15, 0.2) is 42.5 Å². The summed E-state index contributed by atoms with van der Waals surface area (Å²) >= 11 is 0. The molecule has 0 aliphatic carbocycles. The second-order valence-electron chi connectivity index (χ2n) is 17.9. The molecule has 1 heterocycles. The highest BCUT2D eigenvalue weighted by molar-refractivity contribution is 5.99. The molecule has 374 valence electrons. The van der Waals surface area contributed by atoms with Crippen LogP contribution in [0.3, 0.4) is 0 Å². The van der Waals surface area contributed by atoms with Gasteiger partial charge in [0, 0.05) is 19.4 Å². The summed E-state index contributed by atoms with van der Waals surface area (Å²) in [6, 6.07) is 1.78. The van der Waals surface area contributed by atoms with Gasteiger partial charge in [0.15, 0.2) is 0 Å². The van der Waals surface area contributed by atoms with Crippen molar-refractivity contribution in [2.75, 3.05) is 13.2 Å². The number of hydrogen-bond donors (Lipinski definition) is 11. The maximum absolute atomic E-state index is 14.7. The number of primary amides is 2. The normalized spacial score (nSPS) is 17.1. The topological polar surface area (TPSA) is 365 Å². The van der Waals surface area contributed by atoms with E-state index in [9.17, 15) is 58.2 Å². The summed E-state index contributed by atoms with van der Waals surface area (Å²) in [5, 5.41) is 36.2. The maximum Gasteiger partial charge on any atom is 0.326 e. The number of nitrogens with zero attached hydrogens (tertiary/aromatic N) is 1. The first-order valence-electron chi connectivity index (χ1n) is 22.8. The number of aliphatic hydroxyl groups is 1. The summed E-state index contributed by atoms with van der Waals surface area (Å²) in [6.07, 6.45) is -0.852. The molecule has 9 atom stereocenters. The molecule has 9 amide bonds. The molecule has 1 aliphatic rings. The van der Waals surface area contributed by atoms with Crippen molar-refractivity contribution >= 4 is 69.9 Å². The Morgan fingerprint density at radius 1 is 0.691 bits per heavy atom. The molecule has 0 spiro atoms. The monoisotopic (exact) mass is 953 g/mol. The first-order chi connectivity index (χ1) is 32.0. The summed E-state index contributed by atoms with van der Waals surface area (Å²) in [7, 11) is 0. The Kier molecular flexibility index (Phi) is 21.3. The fraction of sp³-hybridized carbons (Fsp3) is 0.565. The molecule has 0 bridgehead atoms. The fourth-order valence-electron chi connectivity index (χ4n) is 7.56. The second-order valence-corrected chi connectivity index (χ2v) is 17.9. The molecular weight excluding hydrogens is 885 g/mol. The van der Waals surface area contributed by atoms with Gasteiger partial charge in [0.1, 0.15) is 42.3 Å². The Morgan fingerprint density at radius 3 is 1.85 bits per heavy atom. The van der Waals surface area contributed by atoms with Crippen molar-refractivity contribution in [2.24, 2.45) is 35.0 Å². The van der Waals surface area contributed by atoms with Crippen LogP contribution in [0.1, 0.15) is 85.6 Å². The molecular formula is C46H68N10O12. The minimum atomic E-state index is -1.77. The van der Waals surface area contributed by atoms with Crippen molar-refractivity contribution in [2.45, 2.75) is 135 Å². The predicted octanol–water partition coefficient (Wildman–Crippen LogP) is -1.81. The molecule has 1 fully saturated rings. The number of amides is 9. The van der Waals surface area contributed by atoms with Crippen LogP contribution in [0, 0.1) is 17.8 Å². The van der Waals surface area contributed by atoms with Gasteiger partial charge in [-0.1, -0.05) is 90.4 Å². The largest absolute Gasteiger partial charge is 0.480 e. The zero-order valence-corrected chi connectivity index (χ0v) is 39.4. The Balaban J connectivity index is 1.97. The molecule has 22 nitrogen and oxygen atoms in total. The SMILES string of the molecule is CC[C@H](C)[C@H](NC(=O)[C@@H]1CCCN1C(=O)[C@H](Cc1ccc2ccccc2c1)NC(=O)[C@H](CC(N)=O)NC(=O)[C@H](CCC(N)=O)NC(=O)[C@H](CO)NC(=O)[C@@H](N)C(C)C)C(=O)N[C@H](C(=O)O)C(C)C. The zero-order valence-electron chi connectivity index (χ0n) is 39.4. The first-order valence-corrected chi connectivity index (χ1v) is 22.8. The standard InChI is InChI=1S/C46H68N10O12/c1-7-25(6)38(44(65)54-37(24(4)5)46(67)68)55-42(63)33-13-10-18-56(33)45(66)31(20-26-14-15-27-11-8-9-12-28(27)19-26)52-40(61)30(21-35(48)59)51-39(60)29(16-17-34(47)58)50-41(62)32(22-57)53-43(64)36(49)23(2)3/h8-9,11-12,14-15,19,23-25,29-33,36-38,57H,7,10,13,16-18,20-22,49H2,1-6H3,(H2,47,58)(H2,48,59)(H,50,62)(H,51,60)(H,52,61)(H,53,64)(H,54,65)(H,55,63)(H,67,68)/t25-,29-,30-,31-,32-,33-,36-,37-,38-/m0/s1. The van der Waals surface area contributed by atoms with Crippen LogP contribution < -0.4 is 49.1 Å². The minimum Gasteiger partial charge on any atom is -0.480 e. The summed E-state index contributed by atoms with van der Waals surface area (Å²) in [4.78, 5) is 134. The van der Waals surface area contributed by atoms with Crippen molar-refractivity contribution in [3.63, 3.8) is 0 Å². The minimum absolute atomic E-state index is 0.0665. The highest BCUT2D eigenvalue weighted by atomic mass is 16.4. The summed E-state index contributed by atoms with van der Waals surface area (Å²) in [6.45, 7) is 9.24. The number of carbonyl (C=O) groups is 10. The van der Waals surface area contributed by atoms with Crippen LogP contribution in [-0.2, 0) is 54.4 Å². The van der Waals surface area contributed by atoms with Crippen molar-refractivity contribution < 1.29 is 58.2 Å². The maximum atomic E-state index is 14.7. The number of carboxylic acids is 1. The number of carboxylic acid groups (broad SMARTS) is 1. The Morgan fingerprint density at radius 2 is 1.28 bits per heavy atom. The molecule has 0 unspecified atom stereocenters. The number of carbonyl (C=O) groups excluding carboxylic acids is 9. The molecule has 68 heavy (non-hydrogen) atoms. The number of aliphatic carboxylic acids is 1. The lowest BCUT2D eigenvalue weighted by atomic mass is 9.96. The number of benzene rings is 2. The highest BCUT2D eigenvalue weighted by Crippen LogP contribution is 2.23. The second kappa shape index (κ2) is 26.0. The molecule has 2 aromatic carbocycles. The van der Waals surface area contributed by atoms with E-state index in [0.29, 0.717) is 18.4 Å². The molecule has 0 saturated carbocycles. The lowest BCUT2D eigenvalue weighted by Gasteiger charge is -2.32. The van der Waals surface area contributed by atoms with Crippen molar-refractivity contribution in [1.82, 2.24) is 36.8 Å². The van der Waals surface area contributed by atoms with Gasteiger partial charge in [0.2, 0.25) is 53.2 Å². The van der Waals surface area contributed by atoms with Crippen LogP contribution in [0.25, 0.3) is 10.8 Å². The van der Waals surface area contributed by atoms with Crippen LogP contribution in [0.5, 0.6) is 0 Å². The Bertz CT molecular complexity index is 2170. The van der Waals surface area contributed by atoms with E-state index in [0.717, 1.165) is 10.8 Å². The molecule has 2 aromatic rings. The number of hydrogen-bond acceptors (Lipinski definition) is 12. The number of likely N-dealkylation sites (tertiary alicyclic amines) is 1. The number of rotatable bonds is 26. The lowest BCUT2D eigenvalue weighted by molar-refractivity contribution is -0.145. The van der Waals surface area contributed by atoms with Gasteiger partial charge in [-0.2, -0.15) is 0 Å². The van der Waals surface area contributed by atoms with E-state index >= 15 is 0 Å². The van der Waals surface area contributed by atoms with Crippen LogP contribution in [0.2, 0.25) is 0 Å². The number of nitrogens with two attached hydrogens (primary N) is 3. The van der Waals surface area contributed by atoms with Crippen molar-refractivity contribution in [3.8, 4) is 0 Å². The molecule has 14 N–H and O–H groups in total. The number of nitrogens with one attached hydrogen (secondary N) is 6. The zero-order chi connectivity index (χ0) is 51.0. The van der Waals surface area contributed by atoms with Crippen molar-refractivity contribution in [1.29, 1.82) is 0 Å². The summed E-state index contributed by atoms with van der Waals surface area (Å²) in [5.74, 6) is -10.5. The van der Waals surface area contributed by atoms with Gasteiger partial charge in [-0.3, -0.25) is 43.2 Å². The van der Waals surface area contributed by atoms with Gasteiger partial charge < -0.3 is 64.2 Å². The van der Waals surface area contributed by atoms with E-state index in [1.807, 2.05) is 30.3 Å². The van der Waals surface area contributed by atoms with E-state index in [4.69, 9.17) is 17.2 Å². The predicted molar refractivity (Wildman–Crippen MR) is 248 cm³/mol. The Hall–Kier alpha value is -6.68. The number of fused-ring (bicyclic) bond motifs is 1. The van der Waals surface area contributed by atoms with Gasteiger partial charge >= 0.3 is 5.97 Å². The molecule has 1 saturated heterocycles. The van der Waals surface area contributed by atoms with E-state index < -0.39 is 145 Å². The third-order valence-electron chi connectivity index (χ3n) is 11.9. The summed E-state index contributed by atoms with van der Waals surface area (Å²) < 4.78 is 0. The van der Waals surface area contributed by atoms with Gasteiger partial charge in [-0.05, 0) is 53.4 Å². The molecule has 1 aliphatic heterocycles. The van der Waals surface area contributed by atoms with E-state index in [1.54, 1.807) is 53.7 Å². The molecule has 3 rings (SSSR count). The van der Waals surface area contributed by atoms with Crippen molar-refractivity contribution in [3.05, 3.63) is 48.0 Å². The highest BCUT2D eigenvalue weighted by Gasteiger charge is 2.41. The van der Waals surface area contributed by atoms with Gasteiger partial charge in [-0.25, -0.2) is 4.79 Å². The number of aliphatic hydroxyl groups excluding tert-OH is 1.